The Hall–Kier alpha value is -1.33. The molecular weight excluding hydrogens is 264 g/mol. The van der Waals surface area contributed by atoms with Crippen LogP contribution >= 0.6 is 22.7 Å². The zero-order chi connectivity index (χ0) is 12.1. The Morgan fingerprint density at radius 3 is 3.06 bits per heavy atom. The van der Waals surface area contributed by atoms with Gasteiger partial charge < -0.3 is 10.6 Å². The van der Waals surface area contributed by atoms with Crippen LogP contribution in [0.5, 0.6) is 0 Å². The molecule has 0 fully saturated rings. The summed E-state index contributed by atoms with van der Waals surface area (Å²) in [6.45, 7) is 0. The number of amides is 1. The standard InChI is InChI=1S/C13H12N2OS2/c16-12-10-7-3-1-4-8(7)18-13(10)15-11(14-12)9-5-2-6-17-9/h2,5-6,11,15H,1,3-4H2,(H,14,16)/t11-/m0/s1. The van der Waals surface area contributed by atoms with E-state index in [2.05, 4.69) is 16.7 Å². The average molecular weight is 276 g/mol. The molecule has 2 aliphatic rings. The number of carbonyl (C=O) groups is 1. The fraction of sp³-hybridized carbons (Fsp3) is 0.308. The van der Waals surface area contributed by atoms with Gasteiger partial charge in [0.25, 0.3) is 5.91 Å². The van der Waals surface area contributed by atoms with Gasteiger partial charge in [-0.05, 0) is 36.3 Å². The molecule has 1 aliphatic carbocycles. The van der Waals surface area contributed by atoms with Crippen molar-refractivity contribution in [2.45, 2.75) is 25.4 Å². The molecule has 5 heteroatoms. The van der Waals surface area contributed by atoms with Crippen LogP contribution < -0.4 is 10.6 Å². The van der Waals surface area contributed by atoms with Crippen LogP contribution in [0.1, 0.15) is 38.3 Å². The van der Waals surface area contributed by atoms with Crippen molar-refractivity contribution < 1.29 is 4.79 Å². The third kappa shape index (κ3) is 1.44. The molecule has 0 saturated carbocycles. The molecule has 18 heavy (non-hydrogen) atoms. The van der Waals surface area contributed by atoms with Gasteiger partial charge in [0.1, 0.15) is 11.2 Å². The van der Waals surface area contributed by atoms with Gasteiger partial charge in [-0.15, -0.1) is 22.7 Å². The zero-order valence-electron chi connectivity index (χ0n) is 9.66. The Morgan fingerprint density at radius 1 is 1.28 bits per heavy atom. The first kappa shape index (κ1) is 10.6. The Kier molecular flexibility index (Phi) is 2.25. The molecule has 0 radical (unpaired) electrons. The Morgan fingerprint density at radius 2 is 2.22 bits per heavy atom. The van der Waals surface area contributed by atoms with Crippen molar-refractivity contribution in [2.75, 3.05) is 5.32 Å². The molecule has 0 spiro atoms. The lowest BCUT2D eigenvalue weighted by Crippen LogP contribution is -2.37. The highest BCUT2D eigenvalue weighted by Crippen LogP contribution is 2.42. The summed E-state index contributed by atoms with van der Waals surface area (Å²) in [4.78, 5) is 14.8. The second kappa shape index (κ2) is 3.83. The van der Waals surface area contributed by atoms with E-state index in [-0.39, 0.29) is 12.1 Å². The van der Waals surface area contributed by atoms with Gasteiger partial charge in [-0.2, -0.15) is 0 Å². The van der Waals surface area contributed by atoms with E-state index in [4.69, 9.17) is 0 Å². The van der Waals surface area contributed by atoms with Crippen molar-refractivity contribution in [1.29, 1.82) is 0 Å². The molecule has 0 saturated heterocycles. The van der Waals surface area contributed by atoms with Gasteiger partial charge in [-0.1, -0.05) is 6.07 Å². The van der Waals surface area contributed by atoms with Crippen LogP contribution in [0.15, 0.2) is 17.5 Å². The number of nitrogens with one attached hydrogen (secondary N) is 2. The molecule has 3 heterocycles. The van der Waals surface area contributed by atoms with Crippen molar-refractivity contribution in [2.24, 2.45) is 0 Å². The molecule has 3 nitrogen and oxygen atoms in total. The van der Waals surface area contributed by atoms with Crippen LogP contribution in [0.2, 0.25) is 0 Å². The van der Waals surface area contributed by atoms with Crippen molar-refractivity contribution in [3.05, 3.63) is 38.4 Å². The monoisotopic (exact) mass is 276 g/mol. The van der Waals surface area contributed by atoms with Crippen molar-refractivity contribution in [1.82, 2.24) is 5.32 Å². The Labute approximate surface area is 113 Å². The van der Waals surface area contributed by atoms with Crippen molar-refractivity contribution in [3.8, 4) is 0 Å². The van der Waals surface area contributed by atoms with Gasteiger partial charge in [-0.25, -0.2) is 0 Å². The van der Waals surface area contributed by atoms with E-state index < -0.39 is 0 Å². The third-order valence-electron chi connectivity index (χ3n) is 3.53. The van der Waals surface area contributed by atoms with Crippen LogP contribution in [-0.2, 0) is 12.8 Å². The summed E-state index contributed by atoms with van der Waals surface area (Å²) in [6, 6.07) is 4.06. The minimum absolute atomic E-state index is 0.0659. The van der Waals surface area contributed by atoms with E-state index in [1.807, 2.05) is 11.4 Å². The van der Waals surface area contributed by atoms with Crippen LogP contribution in [0.25, 0.3) is 0 Å². The van der Waals surface area contributed by atoms with E-state index in [1.165, 1.54) is 16.9 Å². The van der Waals surface area contributed by atoms with Crippen LogP contribution in [0.4, 0.5) is 5.00 Å². The summed E-state index contributed by atoms with van der Waals surface area (Å²) in [6.07, 6.45) is 3.31. The number of anilines is 1. The lowest BCUT2D eigenvalue weighted by atomic mass is 10.1. The molecule has 92 valence electrons. The molecule has 2 N–H and O–H groups in total. The number of hydrogen-bond acceptors (Lipinski definition) is 4. The first-order valence-electron chi connectivity index (χ1n) is 6.08. The molecule has 2 aromatic rings. The predicted octanol–water partition coefficient (Wildman–Crippen LogP) is 3.15. The average Bonchev–Trinajstić information content (AvgIpc) is 3.04. The first-order valence-corrected chi connectivity index (χ1v) is 7.78. The number of aryl methyl sites for hydroxylation is 1. The highest BCUT2D eigenvalue weighted by molar-refractivity contribution is 7.17. The summed E-state index contributed by atoms with van der Waals surface area (Å²) in [5, 5.41) is 9.61. The van der Waals surface area contributed by atoms with E-state index in [0.717, 1.165) is 28.3 Å². The van der Waals surface area contributed by atoms with Crippen molar-refractivity contribution in [3.63, 3.8) is 0 Å². The van der Waals surface area contributed by atoms with Gasteiger partial charge in [0.05, 0.1) is 5.56 Å². The maximum Gasteiger partial charge on any atom is 0.256 e. The minimum Gasteiger partial charge on any atom is -0.352 e. The van der Waals surface area contributed by atoms with Crippen LogP contribution in [0, 0.1) is 0 Å². The van der Waals surface area contributed by atoms with E-state index in [0.29, 0.717) is 0 Å². The fourth-order valence-electron chi connectivity index (χ4n) is 2.71. The molecule has 2 aromatic heterocycles. The maximum absolute atomic E-state index is 12.3. The number of thiophene rings is 2. The highest BCUT2D eigenvalue weighted by atomic mass is 32.1. The van der Waals surface area contributed by atoms with Crippen LogP contribution in [0.3, 0.4) is 0 Å². The molecule has 1 amide bonds. The van der Waals surface area contributed by atoms with E-state index in [1.54, 1.807) is 22.7 Å². The molecule has 1 atom stereocenters. The fourth-order valence-corrected chi connectivity index (χ4v) is 4.75. The van der Waals surface area contributed by atoms with E-state index in [9.17, 15) is 4.79 Å². The summed E-state index contributed by atoms with van der Waals surface area (Å²) in [5.41, 5.74) is 2.19. The summed E-state index contributed by atoms with van der Waals surface area (Å²) >= 11 is 3.43. The van der Waals surface area contributed by atoms with Gasteiger partial charge in [0.2, 0.25) is 0 Å². The number of carbonyl (C=O) groups excluding carboxylic acids is 1. The van der Waals surface area contributed by atoms with Gasteiger partial charge >= 0.3 is 0 Å². The third-order valence-corrected chi connectivity index (χ3v) is 5.69. The number of rotatable bonds is 1. The Bertz CT molecular complexity index is 615. The lowest BCUT2D eigenvalue weighted by Gasteiger charge is -2.25. The summed E-state index contributed by atoms with van der Waals surface area (Å²) in [5.74, 6) is 0.0848. The van der Waals surface area contributed by atoms with Gasteiger partial charge in [0, 0.05) is 9.75 Å². The number of hydrogen-bond donors (Lipinski definition) is 2. The summed E-state index contributed by atoms with van der Waals surface area (Å²) in [7, 11) is 0. The van der Waals surface area contributed by atoms with Crippen LogP contribution in [-0.4, -0.2) is 5.91 Å². The predicted molar refractivity (Wildman–Crippen MR) is 74.5 cm³/mol. The zero-order valence-corrected chi connectivity index (χ0v) is 11.3. The Balaban J connectivity index is 1.76. The van der Waals surface area contributed by atoms with Gasteiger partial charge in [-0.3, -0.25) is 4.79 Å². The molecule has 0 aromatic carbocycles. The highest BCUT2D eigenvalue weighted by Gasteiger charge is 2.32. The lowest BCUT2D eigenvalue weighted by molar-refractivity contribution is 0.0936. The van der Waals surface area contributed by atoms with Gasteiger partial charge in [0.15, 0.2) is 0 Å². The normalized spacial score (nSPS) is 21.1. The molecule has 0 bridgehead atoms. The maximum atomic E-state index is 12.3. The quantitative estimate of drug-likeness (QED) is 0.840. The molecule has 0 unspecified atom stereocenters. The second-order valence-corrected chi connectivity index (χ2v) is 6.71. The molecule has 1 aliphatic heterocycles. The summed E-state index contributed by atoms with van der Waals surface area (Å²) < 4.78 is 0. The largest absolute Gasteiger partial charge is 0.352 e. The topological polar surface area (TPSA) is 41.1 Å². The van der Waals surface area contributed by atoms with E-state index >= 15 is 0 Å². The SMILES string of the molecule is O=C1N[C@H](c2cccs2)Nc2sc3c(c21)CCC3. The second-order valence-electron chi connectivity index (χ2n) is 4.63. The minimum atomic E-state index is -0.0659. The molecule has 4 rings (SSSR count). The number of fused-ring (bicyclic) bond motifs is 3. The smallest absolute Gasteiger partial charge is 0.256 e. The van der Waals surface area contributed by atoms with Crippen molar-refractivity contribution >= 4 is 33.6 Å². The molecular formula is C13H12N2OS2. The first-order chi connectivity index (χ1) is 8.83.